The second-order valence-electron chi connectivity index (χ2n) is 4.74. The van der Waals surface area contributed by atoms with Gasteiger partial charge in [-0.1, -0.05) is 5.16 Å². The van der Waals surface area contributed by atoms with E-state index in [-0.39, 0.29) is 18.0 Å². The molecule has 18 heavy (non-hydrogen) atoms. The van der Waals surface area contributed by atoms with Gasteiger partial charge < -0.3 is 19.9 Å². The van der Waals surface area contributed by atoms with Gasteiger partial charge in [0.2, 0.25) is 0 Å². The number of nitrogens with two attached hydrogens (primary N) is 1. The first kappa shape index (κ1) is 13.0. The first-order valence-electron chi connectivity index (χ1n) is 6.13. The van der Waals surface area contributed by atoms with Gasteiger partial charge in [-0.05, 0) is 19.8 Å². The molecule has 2 N–H and O–H groups in total. The summed E-state index contributed by atoms with van der Waals surface area (Å²) >= 11 is 0. The minimum Gasteiger partial charge on any atom is -0.377 e. The lowest BCUT2D eigenvalue weighted by Crippen LogP contribution is -2.48. The highest BCUT2D eigenvalue weighted by Gasteiger charge is 2.29. The number of amides is 1. The molecule has 0 aromatic carbocycles. The van der Waals surface area contributed by atoms with E-state index in [1.54, 1.807) is 18.1 Å². The predicted octanol–water partition coefficient (Wildman–Crippen LogP) is 0.773. The number of piperidine rings is 1. The zero-order valence-electron chi connectivity index (χ0n) is 10.8. The topological polar surface area (TPSA) is 81.6 Å². The summed E-state index contributed by atoms with van der Waals surface area (Å²) in [4.78, 5) is 14.1. The molecule has 2 atom stereocenters. The molecule has 2 rings (SSSR count). The molecule has 1 aromatic heterocycles. The van der Waals surface area contributed by atoms with Crippen LogP contribution in [-0.4, -0.2) is 41.7 Å². The Morgan fingerprint density at radius 2 is 2.50 bits per heavy atom. The van der Waals surface area contributed by atoms with Gasteiger partial charge >= 0.3 is 0 Å². The molecule has 1 saturated heterocycles. The van der Waals surface area contributed by atoms with Crippen molar-refractivity contribution in [1.29, 1.82) is 0 Å². The van der Waals surface area contributed by atoms with Crippen LogP contribution in [0.2, 0.25) is 0 Å². The zero-order chi connectivity index (χ0) is 13.1. The molecule has 0 saturated carbocycles. The van der Waals surface area contributed by atoms with Gasteiger partial charge in [0.25, 0.3) is 5.91 Å². The summed E-state index contributed by atoms with van der Waals surface area (Å²) in [6.07, 6.45) is 1.66. The lowest BCUT2D eigenvalue weighted by Gasteiger charge is -2.35. The molecule has 100 valence electrons. The van der Waals surface area contributed by atoms with Gasteiger partial charge in [-0.2, -0.15) is 0 Å². The van der Waals surface area contributed by atoms with Crippen LogP contribution in [0.5, 0.6) is 0 Å². The minimum atomic E-state index is -0.0968. The summed E-state index contributed by atoms with van der Waals surface area (Å²) in [5, 5.41) is 3.79. The maximum Gasteiger partial charge on any atom is 0.276 e. The molecule has 1 fully saturated rings. The van der Waals surface area contributed by atoms with E-state index in [2.05, 4.69) is 5.16 Å². The van der Waals surface area contributed by atoms with Crippen molar-refractivity contribution in [1.82, 2.24) is 10.1 Å². The number of methoxy groups -OCH3 is 1. The molecule has 0 aliphatic carbocycles. The summed E-state index contributed by atoms with van der Waals surface area (Å²) in [6.45, 7) is 3.00. The van der Waals surface area contributed by atoms with Gasteiger partial charge in [-0.25, -0.2) is 0 Å². The van der Waals surface area contributed by atoms with Crippen molar-refractivity contribution in [3.05, 3.63) is 17.5 Å². The Bertz CT molecular complexity index is 418. The molecule has 2 heterocycles. The molecule has 1 aromatic rings. The third-order valence-corrected chi connectivity index (χ3v) is 3.24. The van der Waals surface area contributed by atoms with Crippen LogP contribution < -0.4 is 5.73 Å². The van der Waals surface area contributed by atoms with Crippen molar-refractivity contribution < 1.29 is 14.1 Å². The van der Waals surface area contributed by atoms with Gasteiger partial charge in [0.15, 0.2) is 11.5 Å². The quantitative estimate of drug-likeness (QED) is 0.860. The molecule has 0 radical (unpaired) electrons. The number of likely N-dealkylation sites (tertiary alicyclic amines) is 1. The highest BCUT2D eigenvalue weighted by Crippen LogP contribution is 2.19. The van der Waals surface area contributed by atoms with Crippen LogP contribution in [0, 0.1) is 0 Å². The Kier molecular flexibility index (Phi) is 3.98. The Labute approximate surface area is 106 Å². The molecule has 0 spiro atoms. The van der Waals surface area contributed by atoms with Crippen molar-refractivity contribution in [2.24, 2.45) is 5.73 Å². The summed E-state index contributed by atoms with van der Waals surface area (Å²) in [5.74, 6) is 0.461. The van der Waals surface area contributed by atoms with Crippen molar-refractivity contribution in [3.8, 4) is 0 Å². The first-order valence-corrected chi connectivity index (χ1v) is 6.13. The number of hydrogen-bond donors (Lipinski definition) is 1. The smallest absolute Gasteiger partial charge is 0.276 e. The van der Waals surface area contributed by atoms with Crippen LogP contribution in [0.25, 0.3) is 0 Å². The van der Waals surface area contributed by atoms with E-state index in [0.717, 1.165) is 12.8 Å². The number of aromatic nitrogens is 1. The van der Waals surface area contributed by atoms with E-state index in [1.807, 2.05) is 6.92 Å². The molecule has 0 bridgehead atoms. The lowest BCUT2D eigenvalue weighted by molar-refractivity contribution is 0.0608. The zero-order valence-corrected chi connectivity index (χ0v) is 10.8. The third-order valence-electron chi connectivity index (χ3n) is 3.24. The van der Waals surface area contributed by atoms with Gasteiger partial charge in [-0.15, -0.1) is 0 Å². The summed E-state index contributed by atoms with van der Waals surface area (Å²) in [7, 11) is 1.57. The molecule has 1 aliphatic heterocycles. The Morgan fingerprint density at radius 1 is 1.72 bits per heavy atom. The molecule has 1 aliphatic rings. The van der Waals surface area contributed by atoms with Crippen LogP contribution in [-0.2, 0) is 11.3 Å². The first-order chi connectivity index (χ1) is 8.61. The highest BCUT2D eigenvalue weighted by molar-refractivity contribution is 5.92. The average Bonchev–Trinajstić information content (AvgIpc) is 2.77. The van der Waals surface area contributed by atoms with E-state index in [0.29, 0.717) is 24.6 Å². The van der Waals surface area contributed by atoms with Crippen LogP contribution in [0.4, 0.5) is 0 Å². The number of ether oxygens (including phenoxy) is 1. The summed E-state index contributed by atoms with van der Waals surface area (Å²) in [5.41, 5.74) is 6.22. The molecule has 2 unspecified atom stereocenters. The SMILES string of the molecule is COCc1cc(C(=O)N2CCC(N)CC2C)no1. The molecule has 6 nitrogen and oxygen atoms in total. The predicted molar refractivity (Wildman–Crippen MR) is 64.9 cm³/mol. The number of hydrogen-bond acceptors (Lipinski definition) is 5. The van der Waals surface area contributed by atoms with Crippen LogP contribution in [0.3, 0.4) is 0 Å². The van der Waals surface area contributed by atoms with Gasteiger partial charge in [-0.3, -0.25) is 4.79 Å². The third kappa shape index (κ3) is 2.70. The maximum atomic E-state index is 12.3. The largest absolute Gasteiger partial charge is 0.377 e. The number of rotatable bonds is 3. The van der Waals surface area contributed by atoms with E-state index in [1.165, 1.54) is 0 Å². The molecule has 6 heteroatoms. The van der Waals surface area contributed by atoms with Crippen molar-refractivity contribution >= 4 is 5.91 Å². The normalized spacial score (nSPS) is 24.3. The fraction of sp³-hybridized carbons (Fsp3) is 0.667. The Balaban J connectivity index is 2.05. The van der Waals surface area contributed by atoms with Crippen molar-refractivity contribution in [3.63, 3.8) is 0 Å². The molecule has 1 amide bonds. The minimum absolute atomic E-state index is 0.0968. The van der Waals surface area contributed by atoms with Gasteiger partial charge in [0, 0.05) is 31.8 Å². The monoisotopic (exact) mass is 253 g/mol. The van der Waals surface area contributed by atoms with Gasteiger partial charge in [0.1, 0.15) is 6.61 Å². The molecular formula is C12H19N3O3. The highest BCUT2D eigenvalue weighted by atomic mass is 16.5. The average molecular weight is 253 g/mol. The number of nitrogens with zero attached hydrogens (tertiary/aromatic N) is 2. The fourth-order valence-corrected chi connectivity index (χ4v) is 2.28. The summed E-state index contributed by atoms with van der Waals surface area (Å²) < 4.78 is 9.95. The Morgan fingerprint density at radius 3 is 3.17 bits per heavy atom. The second-order valence-corrected chi connectivity index (χ2v) is 4.74. The van der Waals surface area contributed by atoms with Crippen molar-refractivity contribution in [2.75, 3.05) is 13.7 Å². The van der Waals surface area contributed by atoms with Crippen LogP contribution >= 0.6 is 0 Å². The Hall–Kier alpha value is -1.40. The van der Waals surface area contributed by atoms with E-state index >= 15 is 0 Å². The number of carbonyl (C=O) groups is 1. The van der Waals surface area contributed by atoms with Crippen LogP contribution in [0.15, 0.2) is 10.6 Å². The maximum absolute atomic E-state index is 12.3. The van der Waals surface area contributed by atoms with E-state index < -0.39 is 0 Å². The summed E-state index contributed by atoms with van der Waals surface area (Å²) in [6, 6.07) is 1.96. The van der Waals surface area contributed by atoms with E-state index in [9.17, 15) is 4.79 Å². The second kappa shape index (κ2) is 5.49. The molecular weight excluding hydrogens is 234 g/mol. The lowest BCUT2D eigenvalue weighted by atomic mass is 9.99. The fourth-order valence-electron chi connectivity index (χ4n) is 2.28. The van der Waals surface area contributed by atoms with Crippen molar-refractivity contribution in [2.45, 2.75) is 38.5 Å². The van der Waals surface area contributed by atoms with Crippen LogP contribution in [0.1, 0.15) is 36.0 Å². The van der Waals surface area contributed by atoms with Gasteiger partial charge in [0.05, 0.1) is 0 Å². The number of carbonyl (C=O) groups excluding carboxylic acids is 1. The standard InChI is InChI=1S/C12H19N3O3/c1-8-5-9(13)3-4-15(8)12(16)11-6-10(7-17-2)18-14-11/h6,8-9H,3-5,7,13H2,1-2H3. The van der Waals surface area contributed by atoms with E-state index in [4.69, 9.17) is 15.0 Å².